The Morgan fingerprint density at radius 1 is 1.29 bits per heavy atom. The summed E-state index contributed by atoms with van der Waals surface area (Å²) in [6, 6.07) is 0. The highest BCUT2D eigenvalue weighted by Crippen LogP contribution is 2.32. The van der Waals surface area contributed by atoms with Gasteiger partial charge in [0.2, 0.25) is 0 Å². The molecule has 0 aromatic carbocycles. The molecule has 21 heavy (non-hydrogen) atoms. The van der Waals surface area contributed by atoms with E-state index in [1.807, 2.05) is 0 Å². The first-order valence-corrected chi connectivity index (χ1v) is 9.82. The van der Waals surface area contributed by atoms with E-state index in [4.69, 9.17) is 0 Å². The average Bonchev–Trinajstić information content (AvgIpc) is 2.50. The molecule has 1 atom stereocenters. The molecule has 1 saturated heterocycles. The molecule has 1 aliphatic rings. The first kappa shape index (κ1) is 19.3. The van der Waals surface area contributed by atoms with Crippen molar-refractivity contribution in [3.8, 4) is 0 Å². The van der Waals surface area contributed by atoms with Gasteiger partial charge in [0.1, 0.15) is 0 Å². The Hall–Kier alpha value is 0.270. The fourth-order valence-corrected chi connectivity index (χ4v) is 4.39. The van der Waals surface area contributed by atoms with Gasteiger partial charge in [-0.05, 0) is 37.3 Å². The van der Waals surface area contributed by atoms with Crippen LogP contribution in [0, 0.1) is 11.3 Å². The van der Waals surface area contributed by atoms with Gasteiger partial charge in [0.25, 0.3) is 0 Å². The van der Waals surface area contributed by atoms with Crippen LogP contribution in [0.2, 0.25) is 0 Å². The summed E-state index contributed by atoms with van der Waals surface area (Å²) in [5, 5.41) is 3.70. The number of thioether (sulfide) groups is 1. The maximum absolute atomic E-state index is 3.70. The van der Waals surface area contributed by atoms with E-state index in [1.54, 1.807) is 0 Å². The predicted molar refractivity (Wildman–Crippen MR) is 98.3 cm³/mol. The van der Waals surface area contributed by atoms with Crippen molar-refractivity contribution in [2.24, 2.45) is 11.3 Å². The Bertz CT molecular complexity index is 291. The second-order valence-electron chi connectivity index (χ2n) is 8.22. The van der Waals surface area contributed by atoms with Crippen molar-refractivity contribution < 1.29 is 0 Å². The molecule has 1 rings (SSSR count). The smallest absolute Gasteiger partial charge is 0.0116 e. The number of hydrogen-bond donors (Lipinski definition) is 1. The molecule has 1 N–H and O–H groups in total. The van der Waals surface area contributed by atoms with Crippen LogP contribution in [0.4, 0.5) is 0 Å². The van der Waals surface area contributed by atoms with Crippen LogP contribution in [0.25, 0.3) is 0 Å². The highest BCUT2D eigenvalue weighted by atomic mass is 32.2. The summed E-state index contributed by atoms with van der Waals surface area (Å²) in [5.41, 5.74) is 0.419. The zero-order chi connectivity index (χ0) is 15.9. The van der Waals surface area contributed by atoms with Crippen LogP contribution in [0.3, 0.4) is 0 Å². The Balaban J connectivity index is 2.51. The molecule has 0 amide bonds. The first-order chi connectivity index (χ1) is 9.76. The van der Waals surface area contributed by atoms with Gasteiger partial charge in [0.05, 0.1) is 0 Å². The molecule has 0 spiro atoms. The molecule has 3 heteroatoms. The number of nitrogens with one attached hydrogen (secondary N) is 1. The zero-order valence-electron chi connectivity index (χ0n) is 15.3. The van der Waals surface area contributed by atoms with Crippen molar-refractivity contribution in [3.05, 3.63) is 0 Å². The van der Waals surface area contributed by atoms with E-state index >= 15 is 0 Å². The molecule has 0 aliphatic carbocycles. The van der Waals surface area contributed by atoms with E-state index in [-0.39, 0.29) is 0 Å². The van der Waals surface area contributed by atoms with Crippen molar-refractivity contribution in [3.63, 3.8) is 0 Å². The van der Waals surface area contributed by atoms with Gasteiger partial charge in [0.15, 0.2) is 0 Å². The molecule has 1 heterocycles. The maximum atomic E-state index is 3.70. The third kappa shape index (κ3) is 7.90. The minimum absolute atomic E-state index is 0.419. The molecule has 1 aliphatic heterocycles. The highest BCUT2D eigenvalue weighted by Gasteiger charge is 2.29. The number of hydrogen-bond acceptors (Lipinski definition) is 3. The fourth-order valence-electron chi connectivity index (χ4n) is 3.25. The van der Waals surface area contributed by atoms with Crippen LogP contribution in [0.5, 0.6) is 0 Å². The minimum atomic E-state index is 0.419. The summed E-state index contributed by atoms with van der Waals surface area (Å²) in [4.78, 5) is 2.72. The third-order valence-electron chi connectivity index (χ3n) is 4.49. The van der Waals surface area contributed by atoms with Crippen LogP contribution in [-0.2, 0) is 0 Å². The fraction of sp³-hybridized carbons (Fsp3) is 1.00. The third-order valence-corrected chi connectivity index (χ3v) is 5.87. The quantitative estimate of drug-likeness (QED) is 0.721. The molecule has 1 fully saturated rings. The summed E-state index contributed by atoms with van der Waals surface area (Å²) in [5.74, 6) is 2.03. The van der Waals surface area contributed by atoms with Crippen molar-refractivity contribution in [1.29, 1.82) is 0 Å². The van der Waals surface area contributed by atoms with Gasteiger partial charge in [-0.2, -0.15) is 11.8 Å². The highest BCUT2D eigenvalue weighted by molar-refractivity contribution is 8.00. The summed E-state index contributed by atoms with van der Waals surface area (Å²) in [7, 11) is 0. The summed E-state index contributed by atoms with van der Waals surface area (Å²) in [6.07, 6.45) is 3.93. The van der Waals surface area contributed by atoms with E-state index in [9.17, 15) is 0 Å². The lowest BCUT2D eigenvalue weighted by Gasteiger charge is -2.36. The lowest BCUT2D eigenvalue weighted by molar-refractivity contribution is 0.153. The molecule has 126 valence electrons. The van der Waals surface area contributed by atoms with E-state index in [0.717, 1.165) is 19.0 Å². The Morgan fingerprint density at radius 3 is 2.62 bits per heavy atom. The largest absolute Gasteiger partial charge is 0.316 e. The SMILES string of the molecule is CCCC(C)(CNCC(C)C)CN1CCSC(C)(C)CC1. The summed E-state index contributed by atoms with van der Waals surface area (Å²) in [6.45, 7) is 20.3. The number of rotatable bonds is 8. The van der Waals surface area contributed by atoms with Gasteiger partial charge in [0, 0.05) is 30.1 Å². The molecule has 1 unspecified atom stereocenters. The first-order valence-electron chi connectivity index (χ1n) is 8.83. The lowest BCUT2D eigenvalue weighted by atomic mass is 9.84. The van der Waals surface area contributed by atoms with E-state index < -0.39 is 0 Å². The van der Waals surface area contributed by atoms with Crippen LogP contribution in [-0.4, -0.2) is 48.1 Å². The van der Waals surface area contributed by atoms with E-state index in [2.05, 4.69) is 63.5 Å². The second-order valence-corrected chi connectivity index (χ2v) is 10.0. The Labute approximate surface area is 137 Å². The standard InChI is InChI=1S/C18H38N2S/c1-7-8-18(6,14-19-13-16(2)3)15-20-10-9-17(4,5)21-12-11-20/h16,19H,7-15H2,1-6H3. The van der Waals surface area contributed by atoms with Crippen LogP contribution < -0.4 is 5.32 Å². The minimum Gasteiger partial charge on any atom is -0.316 e. The summed E-state index contributed by atoms with van der Waals surface area (Å²) < 4.78 is 0.464. The molecular formula is C18H38N2S. The lowest BCUT2D eigenvalue weighted by Crippen LogP contribution is -2.44. The molecule has 2 nitrogen and oxygen atoms in total. The van der Waals surface area contributed by atoms with E-state index in [0.29, 0.717) is 10.2 Å². The molecule has 0 saturated carbocycles. The van der Waals surface area contributed by atoms with Gasteiger partial charge in [-0.1, -0.05) is 48.0 Å². The summed E-state index contributed by atoms with van der Waals surface area (Å²) >= 11 is 2.15. The van der Waals surface area contributed by atoms with Crippen molar-refractivity contribution in [2.75, 3.05) is 38.5 Å². The van der Waals surface area contributed by atoms with Crippen molar-refractivity contribution in [1.82, 2.24) is 10.2 Å². The Kier molecular flexibility index (Phi) is 8.08. The number of nitrogens with zero attached hydrogens (tertiary/aromatic N) is 1. The molecule has 0 bridgehead atoms. The van der Waals surface area contributed by atoms with Gasteiger partial charge in [-0.3, -0.25) is 0 Å². The molecule has 0 aromatic heterocycles. The van der Waals surface area contributed by atoms with Crippen LogP contribution in [0.1, 0.15) is 60.8 Å². The monoisotopic (exact) mass is 314 g/mol. The van der Waals surface area contributed by atoms with Gasteiger partial charge in [-0.25, -0.2) is 0 Å². The van der Waals surface area contributed by atoms with Crippen molar-refractivity contribution in [2.45, 2.75) is 65.6 Å². The Morgan fingerprint density at radius 2 is 2.00 bits per heavy atom. The van der Waals surface area contributed by atoms with E-state index in [1.165, 1.54) is 44.6 Å². The molecular weight excluding hydrogens is 276 g/mol. The average molecular weight is 315 g/mol. The maximum Gasteiger partial charge on any atom is 0.0116 e. The zero-order valence-corrected chi connectivity index (χ0v) is 16.1. The molecule has 0 radical (unpaired) electrons. The van der Waals surface area contributed by atoms with Gasteiger partial charge in [-0.15, -0.1) is 0 Å². The van der Waals surface area contributed by atoms with Gasteiger partial charge < -0.3 is 10.2 Å². The second kappa shape index (κ2) is 8.79. The molecule has 0 aromatic rings. The topological polar surface area (TPSA) is 15.3 Å². The van der Waals surface area contributed by atoms with Gasteiger partial charge >= 0.3 is 0 Å². The predicted octanol–water partition coefficient (Wildman–Crippen LogP) is 4.26. The van der Waals surface area contributed by atoms with Crippen molar-refractivity contribution >= 4 is 11.8 Å². The van der Waals surface area contributed by atoms with Crippen LogP contribution >= 0.6 is 11.8 Å². The normalized spacial score (nSPS) is 23.0. The van der Waals surface area contributed by atoms with Crippen LogP contribution in [0.15, 0.2) is 0 Å².